The molecule has 182 valence electrons. The molecule has 1 aliphatic rings. The lowest BCUT2D eigenvalue weighted by molar-refractivity contribution is -0.120. The number of hydrogen-bond donors (Lipinski definition) is 2. The van der Waals surface area contributed by atoms with E-state index in [9.17, 15) is 9.18 Å². The molecule has 0 unspecified atom stereocenters. The molecule has 0 radical (unpaired) electrons. The zero-order valence-electron chi connectivity index (χ0n) is 19.8. The van der Waals surface area contributed by atoms with E-state index < -0.39 is 0 Å². The number of aromatic amines is 1. The van der Waals surface area contributed by atoms with Crippen LogP contribution >= 0.6 is 11.3 Å². The van der Waals surface area contributed by atoms with E-state index in [1.165, 1.54) is 17.7 Å². The van der Waals surface area contributed by atoms with Crippen LogP contribution in [-0.2, 0) is 24.2 Å². The van der Waals surface area contributed by atoms with Crippen LogP contribution < -0.4 is 5.32 Å². The van der Waals surface area contributed by atoms with E-state index in [0.717, 1.165) is 60.3 Å². The van der Waals surface area contributed by atoms with Crippen molar-refractivity contribution < 1.29 is 9.18 Å². The van der Waals surface area contributed by atoms with Gasteiger partial charge in [-0.1, -0.05) is 24.3 Å². The van der Waals surface area contributed by atoms with Gasteiger partial charge >= 0.3 is 0 Å². The third-order valence-electron chi connectivity index (χ3n) is 6.27. The van der Waals surface area contributed by atoms with Gasteiger partial charge in [0.15, 0.2) is 0 Å². The predicted octanol–water partition coefficient (Wildman–Crippen LogP) is 3.47. The minimum atomic E-state index is -0.301. The number of thiazole rings is 1. The summed E-state index contributed by atoms with van der Waals surface area (Å²) in [7, 11) is 2.17. The average Bonchev–Trinajstić information content (AvgIpc) is 3.47. The van der Waals surface area contributed by atoms with E-state index in [1.54, 1.807) is 17.4 Å². The maximum absolute atomic E-state index is 13.3. The van der Waals surface area contributed by atoms with E-state index in [-0.39, 0.29) is 18.1 Å². The molecule has 7 nitrogen and oxygen atoms in total. The highest BCUT2D eigenvalue weighted by atomic mass is 32.1. The van der Waals surface area contributed by atoms with Crippen LogP contribution in [0, 0.1) is 5.82 Å². The molecule has 9 heteroatoms. The molecule has 2 N–H and O–H groups in total. The number of piperazine rings is 1. The Morgan fingerprint density at radius 2 is 1.91 bits per heavy atom. The van der Waals surface area contributed by atoms with Gasteiger partial charge in [0.1, 0.15) is 16.6 Å². The predicted molar refractivity (Wildman–Crippen MR) is 137 cm³/mol. The van der Waals surface area contributed by atoms with Crippen LogP contribution in [0.2, 0.25) is 0 Å². The first-order valence-electron chi connectivity index (χ1n) is 11.9. The second-order valence-electron chi connectivity index (χ2n) is 9.04. The molecule has 0 saturated carbocycles. The highest BCUT2D eigenvalue weighted by Crippen LogP contribution is 2.25. The van der Waals surface area contributed by atoms with Crippen molar-refractivity contribution in [2.24, 2.45) is 0 Å². The van der Waals surface area contributed by atoms with Gasteiger partial charge in [-0.2, -0.15) is 0 Å². The van der Waals surface area contributed by atoms with Crippen molar-refractivity contribution >= 4 is 28.3 Å². The minimum absolute atomic E-state index is 0.0773. The summed E-state index contributed by atoms with van der Waals surface area (Å²) in [6.07, 6.45) is 0.786. The first-order chi connectivity index (χ1) is 17.0. The Hall–Kier alpha value is -3.14. The number of nitrogens with one attached hydrogen (secondary N) is 2. The fourth-order valence-electron chi connectivity index (χ4n) is 4.24. The molecule has 1 amide bonds. The number of likely N-dealkylation sites (N-methyl/N-ethyl adjacent to an activating group) is 1. The molecular weight excluding hydrogens is 463 g/mol. The Bertz CT molecular complexity index is 1290. The van der Waals surface area contributed by atoms with Crippen LogP contribution in [0.5, 0.6) is 0 Å². The number of imidazole rings is 1. The number of benzene rings is 2. The van der Waals surface area contributed by atoms with E-state index in [4.69, 9.17) is 0 Å². The Labute approximate surface area is 208 Å². The van der Waals surface area contributed by atoms with Gasteiger partial charge < -0.3 is 15.2 Å². The Morgan fingerprint density at radius 3 is 2.71 bits per heavy atom. The second-order valence-corrected chi connectivity index (χ2v) is 9.90. The molecular formula is C26H29FN6OS. The SMILES string of the molecule is CN1CCN(Cc2ccc(-c3nc(CC(=O)NCCc4nc5ccc(F)cc5[nH]4)cs3)cc2)CC1. The van der Waals surface area contributed by atoms with Crippen molar-refractivity contribution in [3.63, 3.8) is 0 Å². The molecule has 3 heterocycles. The first-order valence-corrected chi connectivity index (χ1v) is 12.8. The fraction of sp³-hybridized carbons (Fsp3) is 0.346. The summed E-state index contributed by atoms with van der Waals surface area (Å²) < 4.78 is 13.3. The zero-order chi connectivity index (χ0) is 24.2. The summed E-state index contributed by atoms with van der Waals surface area (Å²) in [6.45, 7) is 5.88. The summed E-state index contributed by atoms with van der Waals surface area (Å²) in [5.74, 6) is 0.342. The van der Waals surface area contributed by atoms with E-state index >= 15 is 0 Å². The van der Waals surface area contributed by atoms with Crippen LogP contribution in [0.4, 0.5) is 4.39 Å². The monoisotopic (exact) mass is 492 g/mol. The van der Waals surface area contributed by atoms with Crippen LogP contribution in [0.15, 0.2) is 47.8 Å². The maximum atomic E-state index is 13.3. The third kappa shape index (κ3) is 6.11. The Kier molecular flexibility index (Phi) is 7.17. The highest BCUT2D eigenvalue weighted by molar-refractivity contribution is 7.13. The Morgan fingerprint density at radius 1 is 1.11 bits per heavy atom. The highest BCUT2D eigenvalue weighted by Gasteiger charge is 2.14. The second kappa shape index (κ2) is 10.6. The fourth-order valence-corrected chi connectivity index (χ4v) is 5.06. The molecule has 0 spiro atoms. The smallest absolute Gasteiger partial charge is 0.226 e. The van der Waals surface area contributed by atoms with Crippen molar-refractivity contribution in [3.8, 4) is 10.6 Å². The molecule has 4 aromatic rings. The minimum Gasteiger partial charge on any atom is -0.355 e. The van der Waals surface area contributed by atoms with Crippen LogP contribution in [-0.4, -0.2) is 70.4 Å². The van der Waals surface area contributed by atoms with Gasteiger partial charge in [0.05, 0.1) is 23.1 Å². The summed E-state index contributed by atoms with van der Waals surface area (Å²) in [5, 5.41) is 5.79. The van der Waals surface area contributed by atoms with Crippen molar-refractivity contribution in [1.82, 2.24) is 30.1 Å². The number of fused-ring (bicyclic) bond motifs is 1. The quantitative estimate of drug-likeness (QED) is 0.394. The molecule has 1 fully saturated rings. The van der Waals surface area contributed by atoms with Crippen molar-refractivity contribution in [2.45, 2.75) is 19.4 Å². The van der Waals surface area contributed by atoms with Gasteiger partial charge in [0.25, 0.3) is 0 Å². The number of H-pyrrole nitrogens is 1. The van der Waals surface area contributed by atoms with Gasteiger partial charge in [-0.05, 0) is 30.8 Å². The molecule has 2 aromatic heterocycles. The third-order valence-corrected chi connectivity index (χ3v) is 7.21. The van der Waals surface area contributed by atoms with Crippen molar-refractivity contribution in [2.75, 3.05) is 39.8 Å². The lowest BCUT2D eigenvalue weighted by atomic mass is 10.1. The van der Waals surface area contributed by atoms with Crippen molar-refractivity contribution in [3.05, 3.63) is 70.7 Å². The molecule has 1 aliphatic heterocycles. The van der Waals surface area contributed by atoms with Gasteiger partial charge in [0, 0.05) is 56.6 Å². The molecule has 0 aliphatic carbocycles. The number of aromatic nitrogens is 3. The number of nitrogens with zero attached hydrogens (tertiary/aromatic N) is 4. The van der Waals surface area contributed by atoms with Gasteiger partial charge in [-0.25, -0.2) is 14.4 Å². The zero-order valence-corrected chi connectivity index (χ0v) is 20.6. The number of carbonyl (C=O) groups is 1. The van der Waals surface area contributed by atoms with Gasteiger partial charge in [-0.3, -0.25) is 9.69 Å². The number of amides is 1. The Balaban J connectivity index is 1.10. The van der Waals surface area contributed by atoms with E-state index in [0.29, 0.717) is 18.5 Å². The maximum Gasteiger partial charge on any atom is 0.226 e. The molecule has 2 aromatic carbocycles. The molecule has 1 saturated heterocycles. The van der Waals surface area contributed by atoms with E-state index in [1.807, 2.05) is 5.38 Å². The first kappa shape index (κ1) is 23.6. The van der Waals surface area contributed by atoms with E-state index in [2.05, 4.69) is 61.4 Å². The largest absolute Gasteiger partial charge is 0.355 e. The van der Waals surface area contributed by atoms with Gasteiger partial charge in [-0.15, -0.1) is 11.3 Å². The topological polar surface area (TPSA) is 77.2 Å². The summed E-state index contributed by atoms with van der Waals surface area (Å²) in [4.78, 5) is 29.4. The van der Waals surface area contributed by atoms with Gasteiger partial charge in [0.2, 0.25) is 5.91 Å². The lowest BCUT2D eigenvalue weighted by Gasteiger charge is -2.32. The lowest BCUT2D eigenvalue weighted by Crippen LogP contribution is -2.43. The van der Waals surface area contributed by atoms with Crippen LogP contribution in [0.25, 0.3) is 21.6 Å². The average molecular weight is 493 g/mol. The molecule has 5 rings (SSSR count). The molecule has 35 heavy (non-hydrogen) atoms. The number of rotatable bonds is 8. The summed E-state index contributed by atoms with van der Waals surface area (Å²) in [5.41, 5.74) is 4.53. The van der Waals surface area contributed by atoms with Crippen LogP contribution in [0.3, 0.4) is 0 Å². The van der Waals surface area contributed by atoms with Crippen molar-refractivity contribution in [1.29, 1.82) is 0 Å². The normalized spacial score (nSPS) is 15.0. The standard InChI is InChI=1S/C26H29FN6OS/c1-32-10-12-33(13-11-32)16-18-2-4-19(5-3-18)26-29-21(17-35-26)15-25(34)28-9-8-24-30-22-7-6-20(27)14-23(22)31-24/h2-7,14,17H,8-13,15-16H2,1H3,(H,28,34)(H,30,31). The summed E-state index contributed by atoms with van der Waals surface area (Å²) >= 11 is 1.56. The van der Waals surface area contributed by atoms with Crippen LogP contribution in [0.1, 0.15) is 17.1 Å². The number of hydrogen-bond acceptors (Lipinski definition) is 6. The number of halogens is 1. The molecule has 0 bridgehead atoms. The number of carbonyl (C=O) groups excluding carboxylic acids is 1. The molecule has 0 atom stereocenters. The summed E-state index contributed by atoms with van der Waals surface area (Å²) in [6, 6.07) is 13.0.